The predicted molar refractivity (Wildman–Crippen MR) is 147 cm³/mol. The topological polar surface area (TPSA) is 130 Å². The number of hydrogen-bond acceptors (Lipinski definition) is 7. The zero-order valence-corrected chi connectivity index (χ0v) is 23.2. The van der Waals surface area contributed by atoms with Gasteiger partial charge in [0.05, 0.1) is 17.9 Å². The molecule has 0 bridgehead atoms. The molecule has 202 valence electrons. The van der Waals surface area contributed by atoms with Gasteiger partial charge in [0.2, 0.25) is 27.7 Å². The predicted octanol–water partition coefficient (Wildman–Crippen LogP) is 2.03. The lowest BCUT2D eigenvalue weighted by molar-refractivity contribution is -0.157. The summed E-state index contributed by atoms with van der Waals surface area (Å²) in [5.41, 5.74) is 0.832. The molecule has 0 radical (unpaired) electrons. The summed E-state index contributed by atoms with van der Waals surface area (Å²) in [6, 6.07) is 13.2. The highest BCUT2D eigenvalue weighted by Crippen LogP contribution is 2.20. The normalized spacial score (nSPS) is 16.2. The minimum atomic E-state index is -3.76. The average molecular weight is 575 g/mol. The van der Waals surface area contributed by atoms with E-state index in [9.17, 15) is 22.8 Å². The van der Waals surface area contributed by atoms with Crippen molar-refractivity contribution in [1.82, 2.24) is 15.1 Å². The van der Waals surface area contributed by atoms with E-state index in [2.05, 4.69) is 5.32 Å². The van der Waals surface area contributed by atoms with E-state index < -0.39 is 16.1 Å². The molecule has 12 heteroatoms. The number of thiophene rings is 2. The van der Waals surface area contributed by atoms with Crippen molar-refractivity contribution < 1.29 is 22.8 Å². The molecule has 1 aromatic carbocycles. The molecule has 1 saturated heterocycles. The molecule has 0 spiro atoms. The van der Waals surface area contributed by atoms with Crippen LogP contribution in [-0.4, -0.2) is 68.2 Å². The molecule has 3 N–H and O–H groups in total. The minimum absolute atomic E-state index is 0.0152. The van der Waals surface area contributed by atoms with Crippen molar-refractivity contribution in [2.24, 2.45) is 5.14 Å². The molecule has 1 aliphatic rings. The van der Waals surface area contributed by atoms with E-state index in [0.29, 0.717) is 38.9 Å². The first kappa shape index (κ1) is 28.0. The maximum Gasteiger partial charge on any atom is 0.246 e. The molecule has 3 heterocycles. The maximum absolute atomic E-state index is 13.4. The molecule has 1 atom stereocenters. The average Bonchev–Trinajstić information content (AvgIpc) is 3.59. The molecule has 0 aliphatic carbocycles. The van der Waals surface area contributed by atoms with Crippen LogP contribution in [0.15, 0.2) is 64.2 Å². The zero-order chi connectivity index (χ0) is 27.1. The quantitative estimate of drug-likeness (QED) is 0.342. The summed E-state index contributed by atoms with van der Waals surface area (Å²) in [5.74, 6) is -0.681. The van der Waals surface area contributed by atoms with Gasteiger partial charge in [-0.2, -0.15) is 0 Å². The second-order valence-corrected chi connectivity index (χ2v) is 12.6. The number of carbonyl (C=O) groups is 3. The highest BCUT2D eigenvalue weighted by Gasteiger charge is 2.40. The number of nitrogens with zero attached hydrogens (tertiary/aromatic N) is 2. The Morgan fingerprint density at radius 3 is 2.16 bits per heavy atom. The number of nitrogens with two attached hydrogens (primary N) is 1. The van der Waals surface area contributed by atoms with Gasteiger partial charge >= 0.3 is 0 Å². The lowest BCUT2D eigenvalue weighted by atomic mass is 10.0. The van der Waals surface area contributed by atoms with E-state index in [1.807, 2.05) is 35.0 Å². The van der Waals surface area contributed by atoms with Crippen LogP contribution in [0.3, 0.4) is 0 Å². The van der Waals surface area contributed by atoms with E-state index in [4.69, 9.17) is 5.14 Å². The lowest BCUT2D eigenvalue weighted by Gasteiger charge is -2.40. The molecular formula is C26H30N4O5S3. The number of piperazine rings is 1. The number of sulfonamides is 1. The number of nitrogens with one attached hydrogen (secondary N) is 1. The summed E-state index contributed by atoms with van der Waals surface area (Å²) in [6.45, 7) is 1.12. The van der Waals surface area contributed by atoms with Crippen LogP contribution in [0.1, 0.15) is 21.7 Å². The fourth-order valence-electron chi connectivity index (χ4n) is 4.34. The van der Waals surface area contributed by atoms with Crippen molar-refractivity contribution in [3.8, 4) is 0 Å². The van der Waals surface area contributed by atoms with E-state index in [1.165, 1.54) is 12.1 Å². The molecule has 1 fully saturated rings. The molecule has 38 heavy (non-hydrogen) atoms. The Labute approximate surface area is 230 Å². The number of primary sulfonamides is 1. The van der Waals surface area contributed by atoms with Gasteiger partial charge in [0, 0.05) is 29.4 Å². The molecule has 1 aliphatic heterocycles. The molecule has 1 unspecified atom stereocenters. The Morgan fingerprint density at radius 1 is 0.947 bits per heavy atom. The molecular weight excluding hydrogens is 545 g/mol. The highest BCUT2D eigenvalue weighted by molar-refractivity contribution is 7.89. The largest absolute Gasteiger partial charge is 0.356 e. The second-order valence-electron chi connectivity index (χ2n) is 9.01. The maximum atomic E-state index is 13.4. The van der Waals surface area contributed by atoms with Crippen LogP contribution >= 0.6 is 22.7 Å². The monoisotopic (exact) mass is 574 g/mol. The smallest absolute Gasteiger partial charge is 0.246 e. The first-order chi connectivity index (χ1) is 18.2. The first-order valence-corrected chi connectivity index (χ1v) is 15.5. The van der Waals surface area contributed by atoms with Crippen LogP contribution in [0.25, 0.3) is 0 Å². The van der Waals surface area contributed by atoms with Crippen LogP contribution in [0.4, 0.5) is 0 Å². The van der Waals surface area contributed by atoms with Gasteiger partial charge in [-0.05, 0) is 59.9 Å². The van der Waals surface area contributed by atoms with Crippen LogP contribution < -0.4 is 10.5 Å². The Hall–Kier alpha value is -3.06. The Morgan fingerprint density at radius 2 is 1.58 bits per heavy atom. The molecule has 3 aromatic rings. The Bertz CT molecular complexity index is 1340. The fraction of sp³-hybridized carbons (Fsp3) is 0.346. The van der Waals surface area contributed by atoms with Gasteiger partial charge < -0.3 is 15.1 Å². The van der Waals surface area contributed by atoms with Gasteiger partial charge in [0.15, 0.2) is 0 Å². The standard InChI is InChI=1S/C26H30N4O5S3/c27-38(34,35)22-7-5-19(6-8-22)9-12-28-24(31)17-23-26(33)29(13-10-20-3-1-15-36-20)18-25(32)30(23)14-11-21-4-2-16-37-21/h1-8,15-16,23H,9-14,17-18H2,(H,28,31)(H2,27,34,35). The number of carbonyl (C=O) groups excluding carboxylic acids is 3. The first-order valence-electron chi connectivity index (χ1n) is 12.2. The number of hydrogen-bond donors (Lipinski definition) is 2. The van der Waals surface area contributed by atoms with Crippen molar-refractivity contribution >= 4 is 50.4 Å². The van der Waals surface area contributed by atoms with Crippen LogP contribution in [-0.2, 0) is 43.7 Å². The summed E-state index contributed by atoms with van der Waals surface area (Å²) in [6.07, 6.45) is 1.64. The number of rotatable bonds is 12. The third-order valence-electron chi connectivity index (χ3n) is 6.37. The van der Waals surface area contributed by atoms with Gasteiger partial charge in [0.25, 0.3) is 0 Å². The van der Waals surface area contributed by atoms with E-state index in [-0.39, 0.29) is 35.6 Å². The van der Waals surface area contributed by atoms with Crippen molar-refractivity contribution in [2.75, 3.05) is 26.2 Å². The fourth-order valence-corrected chi connectivity index (χ4v) is 6.25. The Kier molecular flexibility index (Phi) is 9.31. The summed E-state index contributed by atoms with van der Waals surface area (Å²) >= 11 is 3.20. The molecule has 3 amide bonds. The minimum Gasteiger partial charge on any atom is -0.356 e. The summed E-state index contributed by atoms with van der Waals surface area (Å²) < 4.78 is 22.8. The third-order valence-corrected chi connectivity index (χ3v) is 9.17. The summed E-state index contributed by atoms with van der Waals surface area (Å²) in [5, 5.41) is 11.9. The van der Waals surface area contributed by atoms with Crippen molar-refractivity contribution in [2.45, 2.75) is 36.6 Å². The SMILES string of the molecule is NS(=O)(=O)c1ccc(CCNC(=O)CC2C(=O)N(CCc3cccs3)CC(=O)N2CCc2cccs2)cc1. The second kappa shape index (κ2) is 12.7. The van der Waals surface area contributed by atoms with Gasteiger partial charge in [-0.25, -0.2) is 13.6 Å². The Balaban J connectivity index is 1.37. The summed E-state index contributed by atoms with van der Waals surface area (Å²) in [4.78, 5) is 44.8. The number of benzene rings is 1. The summed E-state index contributed by atoms with van der Waals surface area (Å²) in [7, 11) is -3.76. The molecule has 2 aromatic heterocycles. The van der Waals surface area contributed by atoms with Gasteiger partial charge in [-0.3, -0.25) is 14.4 Å². The molecule has 9 nitrogen and oxygen atoms in total. The van der Waals surface area contributed by atoms with E-state index in [1.54, 1.807) is 44.6 Å². The van der Waals surface area contributed by atoms with Gasteiger partial charge in [-0.1, -0.05) is 24.3 Å². The zero-order valence-electron chi connectivity index (χ0n) is 20.7. The number of amides is 3. The van der Waals surface area contributed by atoms with Gasteiger partial charge in [0.1, 0.15) is 6.04 Å². The highest BCUT2D eigenvalue weighted by atomic mass is 32.2. The lowest BCUT2D eigenvalue weighted by Crippen LogP contribution is -2.61. The van der Waals surface area contributed by atoms with Crippen LogP contribution in [0.2, 0.25) is 0 Å². The van der Waals surface area contributed by atoms with Crippen LogP contribution in [0.5, 0.6) is 0 Å². The van der Waals surface area contributed by atoms with Crippen molar-refractivity contribution in [3.05, 3.63) is 74.6 Å². The van der Waals surface area contributed by atoms with Gasteiger partial charge in [-0.15, -0.1) is 22.7 Å². The third kappa shape index (κ3) is 7.50. The molecule has 0 saturated carbocycles. The van der Waals surface area contributed by atoms with E-state index in [0.717, 1.165) is 15.3 Å². The van der Waals surface area contributed by atoms with Crippen molar-refractivity contribution in [3.63, 3.8) is 0 Å². The van der Waals surface area contributed by atoms with Crippen molar-refractivity contribution in [1.29, 1.82) is 0 Å². The van der Waals surface area contributed by atoms with E-state index >= 15 is 0 Å². The van der Waals surface area contributed by atoms with Crippen LogP contribution in [0, 0.1) is 0 Å². The molecule has 4 rings (SSSR count).